The topological polar surface area (TPSA) is 72.5 Å². The number of nitrogens with one attached hydrogen (secondary N) is 1. The van der Waals surface area contributed by atoms with Crippen molar-refractivity contribution in [1.29, 1.82) is 0 Å². The van der Waals surface area contributed by atoms with Crippen LogP contribution in [-0.4, -0.2) is 24.4 Å². The van der Waals surface area contributed by atoms with Crippen LogP contribution in [0.25, 0.3) is 6.08 Å². The van der Waals surface area contributed by atoms with E-state index in [0.717, 1.165) is 4.88 Å². The molecule has 2 heterocycles. The van der Waals surface area contributed by atoms with Crippen molar-refractivity contribution in [2.24, 2.45) is 0 Å². The van der Waals surface area contributed by atoms with E-state index in [1.165, 1.54) is 28.7 Å². The number of carbonyl (C=O) groups is 3. The van der Waals surface area contributed by atoms with Crippen molar-refractivity contribution in [2.75, 3.05) is 6.61 Å². The van der Waals surface area contributed by atoms with E-state index in [9.17, 15) is 14.4 Å². The van der Waals surface area contributed by atoms with Crippen LogP contribution in [0.15, 0.2) is 41.1 Å². The second-order valence-electron chi connectivity index (χ2n) is 3.81. The summed E-state index contributed by atoms with van der Waals surface area (Å²) in [4.78, 5) is 35.7. The number of ether oxygens (including phenoxy) is 1. The minimum Gasteiger partial charge on any atom is -0.452 e. The Hall–Kier alpha value is -2.25. The highest BCUT2D eigenvalue weighted by atomic mass is 32.1. The van der Waals surface area contributed by atoms with Crippen LogP contribution >= 0.6 is 22.7 Å². The summed E-state index contributed by atoms with van der Waals surface area (Å²) in [5, 5.41) is 5.76. The van der Waals surface area contributed by atoms with Crippen molar-refractivity contribution in [2.45, 2.75) is 0 Å². The lowest BCUT2D eigenvalue weighted by atomic mass is 10.4. The molecule has 0 saturated heterocycles. The van der Waals surface area contributed by atoms with Gasteiger partial charge in [-0.3, -0.25) is 14.9 Å². The quantitative estimate of drug-likeness (QED) is 0.677. The molecular weight excluding hydrogens is 310 g/mol. The molecule has 0 unspecified atom stereocenters. The van der Waals surface area contributed by atoms with Gasteiger partial charge in [0.05, 0.1) is 4.88 Å². The Labute approximate surface area is 128 Å². The van der Waals surface area contributed by atoms with Crippen LogP contribution in [0.2, 0.25) is 0 Å². The Kier molecular flexibility index (Phi) is 5.42. The number of esters is 1. The number of imide groups is 1. The zero-order valence-electron chi connectivity index (χ0n) is 10.8. The first-order chi connectivity index (χ1) is 10.1. The van der Waals surface area contributed by atoms with Gasteiger partial charge in [0.2, 0.25) is 0 Å². The fraction of sp³-hybridized carbons (Fsp3) is 0.0714. The van der Waals surface area contributed by atoms with Crippen LogP contribution in [0.1, 0.15) is 14.5 Å². The second-order valence-corrected chi connectivity index (χ2v) is 5.74. The predicted octanol–water partition coefficient (Wildman–Crippen LogP) is 2.32. The Morgan fingerprint density at radius 1 is 1.14 bits per heavy atom. The van der Waals surface area contributed by atoms with Crippen LogP contribution in [0.5, 0.6) is 0 Å². The molecule has 2 aromatic rings. The van der Waals surface area contributed by atoms with E-state index in [4.69, 9.17) is 4.74 Å². The second kappa shape index (κ2) is 7.51. The van der Waals surface area contributed by atoms with Crippen molar-refractivity contribution in [3.63, 3.8) is 0 Å². The fourth-order valence-electron chi connectivity index (χ4n) is 1.35. The number of hydrogen-bond acceptors (Lipinski definition) is 6. The standard InChI is InChI=1S/C14H11NO4S2/c16-12(15-14(18)11-4-2-8-21-11)9-19-13(17)6-5-10-3-1-7-20-10/h1-8H,9H2,(H,15,16,18)/b6-5+. The molecule has 0 aliphatic carbocycles. The van der Waals surface area contributed by atoms with E-state index in [0.29, 0.717) is 4.88 Å². The molecule has 2 amide bonds. The first kappa shape index (κ1) is 15.1. The molecule has 0 aliphatic heterocycles. The molecule has 1 N–H and O–H groups in total. The average Bonchev–Trinajstić information content (AvgIpc) is 3.15. The highest BCUT2D eigenvalue weighted by Gasteiger charge is 2.12. The van der Waals surface area contributed by atoms with Gasteiger partial charge >= 0.3 is 5.97 Å². The van der Waals surface area contributed by atoms with Gasteiger partial charge in [-0.15, -0.1) is 22.7 Å². The normalized spacial score (nSPS) is 10.5. The molecule has 5 nitrogen and oxygen atoms in total. The average molecular weight is 321 g/mol. The maximum absolute atomic E-state index is 11.6. The van der Waals surface area contributed by atoms with Crippen LogP contribution < -0.4 is 5.32 Å². The lowest BCUT2D eigenvalue weighted by molar-refractivity contribution is -0.143. The lowest BCUT2D eigenvalue weighted by Crippen LogP contribution is -2.33. The van der Waals surface area contributed by atoms with Crippen molar-refractivity contribution in [1.82, 2.24) is 5.32 Å². The van der Waals surface area contributed by atoms with Gasteiger partial charge in [-0.1, -0.05) is 12.1 Å². The summed E-state index contributed by atoms with van der Waals surface area (Å²) in [6.45, 7) is -0.495. The van der Waals surface area contributed by atoms with Crippen molar-refractivity contribution >= 4 is 46.5 Å². The molecule has 2 rings (SSSR count). The van der Waals surface area contributed by atoms with Crippen molar-refractivity contribution in [3.8, 4) is 0 Å². The zero-order chi connectivity index (χ0) is 15.1. The van der Waals surface area contributed by atoms with E-state index in [1.807, 2.05) is 17.5 Å². The molecule has 21 heavy (non-hydrogen) atoms. The highest BCUT2D eigenvalue weighted by Crippen LogP contribution is 2.10. The summed E-state index contributed by atoms with van der Waals surface area (Å²) < 4.78 is 4.74. The lowest BCUT2D eigenvalue weighted by Gasteiger charge is -2.02. The molecule has 0 fully saturated rings. The van der Waals surface area contributed by atoms with Crippen molar-refractivity contribution < 1.29 is 19.1 Å². The highest BCUT2D eigenvalue weighted by molar-refractivity contribution is 7.12. The molecule has 7 heteroatoms. The maximum Gasteiger partial charge on any atom is 0.331 e. The summed E-state index contributed by atoms with van der Waals surface area (Å²) in [6.07, 6.45) is 2.84. The minimum atomic E-state index is -0.661. The van der Waals surface area contributed by atoms with Gasteiger partial charge in [0.25, 0.3) is 11.8 Å². The summed E-state index contributed by atoms with van der Waals surface area (Å²) in [6, 6.07) is 7.02. The summed E-state index contributed by atoms with van der Waals surface area (Å²) in [5.74, 6) is -1.80. The third-order valence-electron chi connectivity index (χ3n) is 2.27. The van der Waals surface area contributed by atoms with Gasteiger partial charge < -0.3 is 4.74 Å². The van der Waals surface area contributed by atoms with E-state index in [1.54, 1.807) is 23.6 Å². The summed E-state index contributed by atoms with van der Waals surface area (Å²) in [5.41, 5.74) is 0. The number of hydrogen-bond donors (Lipinski definition) is 1. The maximum atomic E-state index is 11.6. The van der Waals surface area contributed by atoms with Crippen molar-refractivity contribution in [3.05, 3.63) is 50.9 Å². The summed E-state index contributed by atoms with van der Waals surface area (Å²) >= 11 is 2.70. The van der Waals surface area contributed by atoms with Crippen LogP contribution in [0.4, 0.5) is 0 Å². The molecule has 108 valence electrons. The Morgan fingerprint density at radius 2 is 1.90 bits per heavy atom. The third kappa shape index (κ3) is 4.97. The van der Waals surface area contributed by atoms with Gasteiger partial charge in [0.1, 0.15) is 0 Å². The molecule has 0 saturated carbocycles. The number of thiophene rings is 2. The minimum absolute atomic E-state index is 0.423. The molecule has 0 aromatic carbocycles. The zero-order valence-corrected chi connectivity index (χ0v) is 12.4. The van der Waals surface area contributed by atoms with Gasteiger partial charge in [-0.2, -0.15) is 0 Å². The largest absolute Gasteiger partial charge is 0.452 e. The van der Waals surface area contributed by atoms with Gasteiger partial charge in [0.15, 0.2) is 6.61 Å². The fourth-order valence-corrected chi connectivity index (χ4v) is 2.59. The van der Waals surface area contributed by atoms with Crippen LogP contribution in [-0.2, 0) is 14.3 Å². The Bertz CT molecular complexity index is 645. The molecule has 0 aliphatic rings. The summed E-state index contributed by atoms with van der Waals surface area (Å²) in [7, 11) is 0. The van der Waals surface area contributed by atoms with E-state index < -0.39 is 24.4 Å². The van der Waals surface area contributed by atoms with E-state index in [2.05, 4.69) is 5.32 Å². The van der Waals surface area contributed by atoms with E-state index >= 15 is 0 Å². The third-order valence-corrected chi connectivity index (χ3v) is 3.98. The SMILES string of the molecule is O=C(COC(=O)/C=C/c1cccs1)NC(=O)c1cccs1. The van der Waals surface area contributed by atoms with E-state index in [-0.39, 0.29) is 0 Å². The molecule has 0 bridgehead atoms. The Balaban J connectivity index is 1.73. The van der Waals surface area contributed by atoms with Crippen LogP contribution in [0.3, 0.4) is 0 Å². The monoisotopic (exact) mass is 321 g/mol. The van der Waals surface area contributed by atoms with Crippen LogP contribution in [0, 0.1) is 0 Å². The van der Waals surface area contributed by atoms with Gasteiger partial charge in [0, 0.05) is 11.0 Å². The molecular formula is C14H11NO4S2. The number of amides is 2. The smallest absolute Gasteiger partial charge is 0.331 e. The Morgan fingerprint density at radius 3 is 2.57 bits per heavy atom. The molecule has 0 radical (unpaired) electrons. The first-order valence-corrected chi connectivity index (χ1v) is 7.67. The van der Waals surface area contributed by atoms with Gasteiger partial charge in [-0.25, -0.2) is 4.79 Å². The molecule has 2 aromatic heterocycles. The predicted molar refractivity (Wildman–Crippen MR) is 81.1 cm³/mol. The number of carbonyl (C=O) groups excluding carboxylic acids is 3. The molecule has 0 spiro atoms. The van der Waals surface area contributed by atoms with Gasteiger partial charge in [-0.05, 0) is 29.0 Å². The number of rotatable bonds is 5. The first-order valence-electron chi connectivity index (χ1n) is 5.91. The molecule has 0 atom stereocenters.